The molecule has 0 aromatic carbocycles. The first-order valence-corrected chi connectivity index (χ1v) is 7.98. The summed E-state index contributed by atoms with van der Waals surface area (Å²) in [4.78, 5) is 8.66. The Balaban J connectivity index is 1.87. The highest BCUT2D eigenvalue weighted by atomic mass is 35.5. The number of piperidine rings is 1. The molecular formula is C14H21ClN6O. The van der Waals surface area contributed by atoms with Gasteiger partial charge in [-0.1, -0.05) is 25.4 Å². The molecule has 0 aliphatic carbocycles. The molecule has 1 aliphatic rings. The largest absolute Gasteiger partial charge is 0.390 e. The van der Waals surface area contributed by atoms with Gasteiger partial charge in [0.2, 0.25) is 5.95 Å². The molecule has 0 bridgehead atoms. The molecule has 2 aromatic heterocycles. The van der Waals surface area contributed by atoms with Crippen LogP contribution in [-0.2, 0) is 6.42 Å². The second kappa shape index (κ2) is 6.36. The van der Waals surface area contributed by atoms with Crippen LogP contribution in [0.15, 0.2) is 6.20 Å². The van der Waals surface area contributed by atoms with Crippen molar-refractivity contribution in [2.75, 3.05) is 18.4 Å². The van der Waals surface area contributed by atoms with Crippen LogP contribution in [0.4, 0.5) is 5.95 Å². The van der Waals surface area contributed by atoms with Crippen molar-refractivity contribution in [1.82, 2.24) is 24.9 Å². The summed E-state index contributed by atoms with van der Waals surface area (Å²) in [6, 6.07) is -0.0498. The van der Waals surface area contributed by atoms with Gasteiger partial charge in [-0.05, 0) is 18.9 Å². The summed E-state index contributed by atoms with van der Waals surface area (Å²) >= 11 is 6.15. The highest BCUT2D eigenvalue weighted by molar-refractivity contribution is 6.32. The van der Waals surface area contributed by atoms with Crippen LogP contribution in [0.2, 0.25) is 5.15 Å². The van der Waals surface area contributed by atoms with E-state index in [2.05, 4.69) is 39.5 Å². The van der Waals surface area contributed by atoms with E-state index in [9.17, 15) is 5.11 Å². The number of imidazole rings is 1. The molecule has 0 unspecified atom stereocenters. The van der Waals surface area contributed by atoms with Crippen molar-refractivity contribution in [3.05, 3.63) is 17.2 Å². The lowest BCUT2D eigenvalue weighted by atomic mass is 10.0. The topological polar surface area (TPSA) is 87.4 Å². The molecule has 3 N–H and O–H groups in total. The summed E-state index contributed by atoms with van der Waals surface area (Å²) in [5.41, 5.74) is 0.703. The maximum absolute atomic E-state index is 10.0. The zero-order valence-electron chi connectivity index (χ0n) is 12.8. The van der Waals surface area contributed by atoms with Crippen molar-refractivity contribution in [2.24, 2.45) is 5.92 Å². The fourth-order valence-electron chi connectivity index (χ4n) is 2.65. The molecule has 8 heteroatoms. The second-order valence-corrected chi connectivity index (χ2v) is 6.46. The van der Waals surface area contributed by atoms with E-state index in [1.165, 1.54) is 0 Å². The van der Waals surface area contributed by atoms with Gasteiger partial charge in [0.1, 0.15) is 11.3 Å². The van der Waals surface area contributed by atoms with Crippen molar-refractivity contribution < 1.29 is 5.11 Å². The summed E-state index contributed by atoms with van der Waals surface area (Å²) in [7, 11) is 0. The Labute approximate surface area is 134 Å². The molecule has 22 heavy (non-hydrogen) atoms. The van der Waals surface area contributed by atoms with Gasteiger partial charge in [-0.2, -0.15) is 0 Å². The van der Waals surface area contributed by atoms with E-state index in [1.807, 2.05) is 0 Å². The van der Waals surface area contributed by atoms with Gasteiger partial charge >= 0.3 is 0 Å². The highest BCUT2D eigenvalue weighted by Crippen LogP contribution is 2.20. The average molecular weight is 325 g/mol. The quantitative estimate of drug-likeness (QED) is 0.781. The minimum Gasteiger partial charge on any atom is -0.390 e. The SMILES string of the molecule is CC(C)Cc1nc(Cl)c2cnc(N[C@@H]3CCNC[C@H]3O)nn12. The van der Waals surface area contributed by atoms with Crippen molar-refractivity contribution in [2.45, 2.75) is 38.8 Å². The minimum atomic E-state index is -0.449. The smallest absolute Gasteiger partial charge is 0.241 e. The number of aromatic nitrogens is 4. The first-order chi connectivity index (χ1) is 10.5. The van der Waals surface area contributed by atoms with E-state index in [1.54, 1.807) is 10.7 Å². The second-order valence-electron chi connectivity index (χ2n) is 6.11. The Bertz CT molecular complexity index is 658. The third-order valence-corrected chi connectivity index (χ3v) is 4.05. The number of aliphatic hydroxyl groups is 1. The maximum Gasteiger partial charge on any atom is 0.241 e. The summed E-state index contributed by atoms with van der Waals surface area (Å²) in [6.07, 6.45) is 2.84. The van der Waals surface area contributed by atoms with E-state index in [0.29, 0.717) is 29.1 Å². The van der Waals surface area contributed by atoms with Crippen molar-refractivity contribution in [1.29, 1.82) is 0 Å². The molecular weight excluding hydrogens is 304 g/mol. The zero-order chi connectivity index (χ0) is 15.7. The van der Waals surface area contributed by atoms with Crippen molar-refractivity contribution in [3.8, 4) is 0 Å². The maximum atomic E-state index is 10.0. The molecule has 120 valence electrons. The van der Waals surface area contributed by atoms with Crippen LogP contribution in [0.25, 0.3) is 5.52 Å². The van der Waals surface area contributed by atoms with Gasteiger partial charge < -0.3 is 15.7 Å². The molecule has 3 rings (SSSR count). The first-order valence-electron chi connectivity index (χ1n) is 7.60. The van der Waals surface area contributed by atoms with Crippen molar-refractivity contribution >= 4 is 23.1 Å². The fourth-order valence-corrected chi connectivity index (χ4v) is 2.87. The number of hydrogen-bond acceptors (Lipinski definition) is 6. The Kier molecular flexibility index (Phi) is 4.46. The number of fused-ring (bicyclic) bond motifs is 1. The summed E-state index contributed by atoms with van der Waals surface area (Å²) < 4.78 is 1.74. The van der Waals surface area contributed by atoms with Gasteiger partial charge in [0.15, 0.2) is 5.15 Å². The first kappa shape index (κ1) is 15.5. The van der Waals surface area contributed by atoms with E-state index >= 15 is 0 Å². The summed E-state index contributed by atoms with van der Waals surface area (Å²) in [5.74, 6) is 1.77. The van der Waals surface area contributed by atoms with E-state index in [-0.39, 0.29) is 6.04 Å². The summed E-state index contributed by atoms with van der Waals surface area (Å²) in [6.45, 7) is 5.70. The number of aliphatic hydroxyl groups excluding tert-OH is 1. The number of hydrogen-bond donors (Lipinski definition) is 3. The highest BCUT2D eigenvalue weighted by Gasteiger charge is 2.23. The van der Waals surface area contributed by atoms with Gasteiger partial charge in [-0.25, -0.2) is 14.5 Å². The van der Waals surface area contributed by atoms with Crippen LogP contribution in [0, 0.1) is 5.92 Å². The molecule has 0 amide bonds. The van der Waals surface area contributed by atoms with Crippen LogP contribution in [0.1, 0.15) is 26.1 Å². The number of nitrogens with one attached hydrogen (secondary N) is 2. The lowest BCUT2D eigenvalue weighted by molar-refractivity contribution is 0.128. The van der Waals surface area contributed by atoms with Gasteiger partial charge in [0, 0.05) is 13.0 Å². The van der Waals surface area contributed by atoms with E-state index in [4.69, 9.17) is 11.6 Å². The molecule has 1 saturated heterocycles. The fraction of sp³-hybridized carbons (Fsp3) is 0.643. The number of rotatable bonds is 4. The molecule has 7 nitrogen and oxygen atoms in total. The Morgan fingerprint density at radius 2 is 2.36 bits per heavy atom. The number of anilines is 1. The molecule has 3 heterocycles. The lowest BCUT2D eigenvalue weighted by Crippen LogP contribution is -2.47. The molecule has 0 radical (unpaired) electrons. The van der Waals surface area contributed by atoms with E-state index in [0.717, 1.165) is 25.2 Å². The standard InChI is InChI=1S/C14H21ClN6O/c1-8(2)5-12-19-13(15)10-6-17-14(20-21(10)12)18-9-3-4-16-7-11(9)22/h6,8-9,11,16,22H,3-5,7H2,1-2H3,(H,18,20)/t9-,11-/m1/s1. The molecule has 1 fully saturated rings. The third kappa shape index (κ3) is 3.16. The monoisotopic (exact) mass is 324 g/mol. The number of halogens is 1. The van der Waals surface area contributed by atoms with Crippen LogP contribution in [0.5, 0.6) is 0 Å². The van der Waals surface area contributed by atoms with E-state index < -0.39 is 6.10 Å². The van der Waals surface area contributed by atoms with Gasteiger partial charge in [0.25, 0.3) is 0 Å². The molecule has 0 saturated carbocycles. The number of β-amino-alcohol motifs (C(OH)–C–C–N with tert-alkyl or cyclic N) is 1. The molecule has 2 aromatic rings. The zero-order valence-corrected chi connectivity index (χ0v) is 13.5. The molecule has 1 aliphatic heterocycles. The Morgan fingerprint density at radius 1 is 1.55 bits per heavy atom. The van der Waals surface area contributed by atoms with Crippen LogP contribution < -0.4 is 10.6 Å². The van der Waals surface area contributed by atoms with Gasteiger partial charge in [-0.15, -0.1) is 5.10 Å². The summed E-state index contributed by atoms with van der Waals surface area (Å²) in [5, 5.41) is 21.3. The van der Waals surface area contributed by atoms with Crippen LogP contribution in [0.3, 0.4) is 0 Å². The van der Waals surface area contributed by atoms with Gasteiger partial charge in [0.05, 0.1) is 18.3 Å². The third-order valence-electron chi connectivity index (χ3n) is 3.77. The normalized spacial score (nSPS) is 22.4. The average Bonchev–Trinajstić information content (AvgIpc) is 2.77. The molecule has 2 atom stereocenters. The number of nitrogens with zero attached hydrogens (tertiary/aromatic N) is 4. The predicted octanol–water partition coefficient (Wildman–Crippen LogP) is 1.11. The Hall–Kier alpha value is -1.44. The van der Waals surface area contributed by atoms with Crippen molar-refractivity contribution in [3.63, 3.8) is 0 Å². The van der Waals surface area contributed by atoms with Crippen LogP contribution >= 0.6 is 11.6 Å². The predicted molar refractivity (Wildman–Crippen MR) is 85.2 cm³/mol. The minimum absolute atomic E-state index is 0.0498. The van der Waals surface area contributed by atoms with Crippen LogP contribution in [-0.4, -0.2) is 49.9 Å². The van der Waals surface area contributed by atoms with Gasteiger partial charge in [-0.3, -0.25) is 0 Å². The lowest BCUT2D eigenvalue weighted by Gasteiger charge is -2.28. The molecule has 0 spiro atoms. The Morgan fingerprint density at radius 3 is 3.09 bits per heavy atom.